The Morgan fingerprint density at radius 1 is 1.19 bits per heavy atom. The molecule has 3 aromatic rings. The van der Waals surface area contributed by atoms with Crippen LogP contribution < -0.4 is 5.32 Å². The van der Waals surface area contributed by atoms with Crippen LogP contribution in [0.3, 0.4) is 0 Å². The Morgan fingerprint density at radius 2 is 1.94 bits per heavy atom. The number of thioether (sulfide) groups is 1. The van der Waals surface area contributed by atoms with Gasteiger partial charge in [-0.05, 0) is 43.9 Å². The highest BCUT2D eigenvalue weighted by atomic mass is 32.2. The number of nitrogens with zero attached hydrogens (tertiary/aromatic N) is 3. The van der Waals surface area contributed by atoms with Gasteiger partial charge in [-0.1, -0.05) is 32.0 Å². The fourth-order valence-corrected chi connectivity index (χ4v) is 5.58. The fraction of sp³-hybridized carbons (Fsp3) is 0.440. The van der Waals surface area contributed by atoms with Crippen LogP contribution in [0.1, 0.15) is 41.9 Å². The summed E-state index contributed by atoms with van der Waals surface area (Å²) in [5.74, 6) is 2.79. The van der Waals surface area contributed by atoms with E-state index in [0.29, 0.717) is 5.92 Å². The molecule has 0 unspecified atom stereocenters. The summed E-state index contributed by atoms with van der Waals surface area (Å²) in [7, 11) is 0. The van der Waals surface area contributed by atoms with Gasteiger partial charge in [-0.15, -0.1) is 11.3 Å². The summed E-state index contributed by atoms with van der Waals surface area (Å²) in [4.78, 5) is 20.2. The molecule has 2 aromatic heterocycles. The van der Waals surface area contributed by atoms with E-state index in [0.717, 1.165) is 71.0 Å². The number of rotatable bonds is 7. The zero-order valence-electron chi connectivity index (χ0n) is 19.4. The van der Waals surface area contributed by atoms with Crippen LogP contribution in [0.2, 0.25) is 0 Å². The molecule has 1 amide bonds. The molecule has 5 nitrogen and oxygen atoms in total. The Labute approximate surface area is 199 Å². The average molecular weight is 469 g/mol. The Morgan fingerprint density at radius 3 is 2.66 bits per heavy atom. The van der Waals surface area contributed by atoms with E-state index in [9.17, 15) is 4.79 Å². The molecule has 4 rings (SSSR count). The van der Waals surface area contributed by atoms with Crippen molar-refractivity contribution in [2.75, 3.05) is 29.9 Å². The molecule has 1 aliphatic rings. The van der Waals surface area contributed by atoms with Gasteiger partial charge >= 0.3 is 0 Å². The van der Waals surface area contributed by atoms with Crippen LogP contribution in [-0.2, 0) is 6.54 Å². The van der Waals surface area contributed by atoms with Gasteiger partial charge in [0.2, 0.25) is 0 Å². The first-order valence-electron chi connectivity index (χ1n) is 11.3. The summed E-state index contributed by atoms with van der Waals surface area (Å²) in [5, 5.41) is 6.40. The van der Waals surface area contributed by atoms with Crippen LogP contribution in [0, 0.1) is 19.8 Å². The van der Waals surface area contributed by atoms with Crippen molar-refractivity contribution in [3.05, 3.63) is 52.5 Å². The van der Waals surface area contributed by atoms with Gasteiger partial charge in [0.15, 0.2) is 5.13 Å². The second-order valence-corrected chi connectivity index (χ2v) is 10.8. The zero-order valence-corrected chi connectivity index (χ0v) is 21.0. The highest BCUT2D eigenvalue weighted by molar-refractivity contribution is 7.99. The van der Waals surface area contributed by atoms with E-state index < -0.39 is 0 Å². The van der Waals surface area contributed by atoms with Gasteiger partial charge in [0, 0.05) is 47.9 Å². The summed E-state index contributed by atoms with van der Waals surface area (Å²) < 4.78 is 2.29. The van der Waals surface area contributed by atoms with E-state index in [4.69, 9.17) is 4.98 Å². The number of benzene rings is 1. The largest absolute Gasteiger partial charge is 0.343 e. The lowest BCUT2D eigenvalue weighted by molar-refractivity contribution is 0.0771. The molecule has 32 heavy (non-hydrogen) atoms. The van der Waals surface area contributed by atoms with Crippen molar-refractivity contribution in [3.8, 4) is 11.4 Å². The molecular weight excluding hydrogens is 436 g/mol. The summed E-state index contributed by atoms with van der Waals surface area (Å²) in [6.07, 6.45) is 1.06. The Bertz CT molecular complexity index is 1080. The van der Waals surface area contributed by atoms with Crippen molar-refractivity contribution in [1.29, 1.82) is 0 Å². The summed E-state index contributed by atoms with van der Waals surface area (Å²) >= 11 is 3.52. The van der Waals surface area contributed by atoms with Crippen LogP contribution in [0.4, 0.5) is 10.8 Å². The predicted molar refractivity (Wildman–Crippen MR) is 137 cm³/mol. The number of carbonyl (C=O) groups excluding carboxylic acids is 1. The number of nitrogens with one attached hydrogen (secondary N) is 1. The third-order valence-corrected chi connectivity index (χ3v) is 7.68. The smallest absolute Gasteiger partial charge is 0.255 e. The van der Waals surface area contributed by atoms with E-state index >= 15 is 0 Å². The zero-order chi connectivity index (χ0) is 22.7. The standard InChI is InChI=1S/C25H32N4OS2/c1-17(2)9-10-29-19(4)20(24(30)28-11-13-31-14-12-28)15-23(29)22-16-32-25(27-22)26-21-8-6-5-7-18(21)3/h5-8,15-17H,9-14H2,1-4H3,(H,26,27). The predicted octanol–water partition coefficient (Wildman–Crippen LogP) is 6.21. The van der Waals surface area contributed by atoms with Crippen LogP contribution in [0.25, 0.3) is 11.4 Å². The van der Waals surface area contributed by atoms with E-state index in [-0.39, 0.29) is 5.91 Å². The van der Waals surface area contributed by atoms with Gasteiger partial charge in [-0.3, -0.25) is 4.79 Å². The second kappa shape index (κ2) is 10.1. The Hall–Kier alpha value is -2.25. The van der Waals surface area contributed by atoms with Gasteiger partial charge in [0.05, 0.1) is 17.0 Å². The lowest BCUT2D eigenvalue weighted by atomic mass is 10.1. The maximum Gasteiger partial charge on any atom is 0.255 e. The lowest BCUT2D eigenvalue weighted by Crippen LogP contribution is -2.38. The van der Waals surface area contributed by atoms with Crippen LogP contribution in [-0.4, -0.2) is 45.0 Å². The Balaban J connectivity index is 1.65. The van der Waals surface area contributed by atoms with Crippen molar-refractivity contribution < 1.29 is 4.79 Å². The van der Waals surface area contributed by atoms with Crippen molar-refractivity contribution >= 4 is 39.8 Å². The molecule has 170 valence electrons. The minimum absolute atomic E-state index is 0.154. The number of amides is 1. The van der Waals surface area contributed by atoms with Gasteiger partial charge in [0.1, 0.15) is 0 Å². The summed E-state index contributed by atoms with van der Waals surface area (Å²) in [6, 6.07) is 10.3. The molecular formula is C25H32N4OS2. The third kappa shape index (κ3) is 5.04. The van der Waals surface area contributed by atoms with E-state index in [1.165, 1.54) is 5.56 Å². The van der Waals surface area contributed by atoms with Crippen molar-refractivity contribution in [2.45, 2.75) is 40.7 Å². The van der Waals surface area contributed by atoms with Crippen molar-refractivity contribution in [2.24, 2.45) is 5.92 Å². The normalized spacial score (nSPS) is 14.2. The number of aryl methyl sites for hydroxylation is 1. The molecule has 1 N–H and O–H groups in total. The molecule has 0 radical (unpaired) electrons. The molecule has 0 saturated carbocycles. The molecule has 7 heteroatoms. The first-order chi connectivity index (χ1) is 15.4. The topological polar surface area (TPSA) is 50.2 Å². The van der Waals surface area contributed by atoms with Crippen molar-refractivity contribution in [3.63, 3.8) is 0 Å². The second-order valence-electron chi connectivity index (χ2n) is 8.75. The van der Waals surface area contributed by atoms with Gasteiger partial charge < -0.3 is 14.8 Å². The minimum Gasteiger partial charge on any atom is -0.343 e. The van der Waals surface area contributed by atoms with E-state index in [1.54, 1.807) is 11.3 Å². The third-order valence-electron chi connectivity index (χ3n) is 5.98. The highest BCUT2D eigenvalue weighted by Gasteiger charge is 2.25. The molecule has 1 saturated heterocycles. The quantitative estimate of drug-likeness (QED) is 0.448. The molecule has 1 aromatic carbocycles. The molecule has 0 bridgehead atoms. The number of anilines is 2. The number of hydrogen-bond acceptors (Lipinski definition) is 5. The molecule has 0 atom stereocenters. The average Bonchev–Trinajstić information content (AvgIpc) is 3.38. The van der Waals surface area contributed by atoms with E-state index in [1.807, 2.05) is 28.8 Å². The fourth-order valence-electron chi connectivity index (χ4n) is 3.96. The molecule has 0 spiro atoms. The maximum atomic E-state index is 13.3. The van der Waals surface area contributed by atoms with E-state index in [2.05, 4.69) is 61.2 Å². The first kappa shape index (κ1) is 22.9. The van der Waals surface area contributed by atoms with Crippen molar-refractivity contribution in [1.82, 2.24) is 14.5 Å². The SMILES string of the molecule is Cc1ccccc1Nc1nc(-c2cc(C(=O)N3CCSCC3)c(C)n2CCC(C)C)cs1. The summed E-state index contributed by atoms with van der Waals surface area (Å²) in [5.41, 5.74) is 6.08. The number of para-hydroxylation sites is 1. The number of hydrogen-bond donors (Lipinski definition) is 1. The molecule has 1 fully saturated rings. The highest BCUT2D eigenvalue weighted by Crippen LogP contribution is 2.32. The molecule has 0 aliphatic carbocycles. The van der Waals surface area contributed by atoms with Crippen LogP contribution in [0.5, 0.6) is 0 Å². The van der Waals surface area contributed by atoms with Gasteiger partial charge in [-0.25, -0.2) is 4.98 Å². The van der Waals surface area contributed by atoms with Gasteiger partial charge in [-0.2, -0.15) is 11.8 Å². The van der Waals surface area contributed by atoms with Gasteiger partial charge in [0.25, 0.3) is 5.91 Å². The Kier molecular flexibility index (Phi) is 7.26. The first-order valence-corrected chi connectivity index (χ1v) is 13.3. The number of thiazole rings is 1. The minimum atomic E-state index is 0.154. The lowest BCUT2D eigenvalue weighted by Gasteiger charge is -2.26. The number of aromatic nitrogens is 2. The molecule has 1 aliphatic heterocycles. The monoisotopic (exact) mass is 468 g/mol. The van der Waals surface area contributed by atoms with Crippen LogP contribution >= 0.6 is 23.1 Å². The summed E-state index contributed by atoms with van der Waals surface area (Å²) in [6.45, 7) is 11.2. The van der Waals surface area contributed by atoms with Crippen LogP contribution in [0.15, 0.2) is 35.7 Å². The number of carbonyl (C=O) groups is 1. The molecule has 3 heterocycles. The maximum absolute atomic E-state index is 13.3.